The molecule has 1 fully saturated rings. The van der Waals surface area contributed by atoms with Crippen LogP contribution in [0, 0.1) is 0 Å². The predicted molar refractivity (Wildman–Crippen MR) is 159 cm³/mol. The number of pyridine rings is 1. The number of hydrogen-bond donors (Lipinski definition) is 1. The molecule has 1 aromatic carbocycles. The minimum absolute atomic E-state index is 0.150. The van der Waals surface area contributed by atoms with Crippen LogP contribution in [0.1, 0.15) is 43.8 Å². The summed E-state index contributed by atoms with van der Waals surface area (Å²) in [6.07, 6.45) is -4.43. The summed E-state index contributed by atoms with van der Waals surface area (Å²) in [7, 11) is 0. The van der Waals surface area contributed by atoms with Crippen LogP contribution in [0.3, 0.4) is 0 Å². The number of nitrogens with one attached hydrogen (secondary N) is 1. The maximum Gasteiger partial charge on any atom is 0.434 e. The molecule has 42 heavy (non-hydrogen) atoms. The molecule has 0 bridgehead atoms. The number of aromatic nitrogens is 2. The van der Waals surface area contributed by atoms with Gasteiger partial charge in [-0.3, -0.25) is 9.89 Å². The first-order chi connectivity index (χ1) is 19.7. The number of benzene rings is 1. The highest BCUT2D eigenvalue weighted by Gasteiger charge is 2.40. The van der Waals surface area contributed by atoms with Crippen molar-refractivity contribution in [3.63, 3.8) is 0 Å². The van der Waals surface area contributed by atoms with Gasteiger partial charge in [0.1, 0.15) is 11.4 Å². The number of H-pyrrole nitrogens is 1. The molecular weight excluding hydrogens is 592 g/mol. The largest absolute Gasteiger partial charge is 0.444 e. The monoisotopic (exact) mass is 624 g/mol. The second-order valence-electron chi connectivity index (χ2n) is 11.6. The van der Waals surface area contributed by atoms with Crippen molar-refractivity contribution in [1.29, 1.82) is 0 Å². The molecule has 8 nitrogen and oxygen atoms in total. The average Bonchev–Trinajstić information content (AvgIpc) is 3.27. The average molecular weight is 626 g/mol. The van der Waals surface area contributed by atoms with Gasteiger partial charge in [-0.25, -0.2) is 9.78 Å². The second kappa shape index (κ2) is 11.6. The number of amides is 1. The maximum atomic E-state index is 13.7. The zero-order valence-electron chi connectivity index (χ0n) is 23.6. The van der Waals surface area contributed by atoms with E-state index in [1.807, 2.05) is 23.1 Å². The Hall–Kier alpha value is -3.02. The van der Waals surface area contributed by atoms with Crippen molar-refractivity contribution < 1.29 is 22.7 Å². The van der Waals surface area contributed by atoms with Crippen molar-refractivity contribution in [2.45, 2.75) is 51.1 Å². The van der Waals surface area contributed by atoms with E-state index in [4.69, 9.17) is 27.9 Å². The first-order valence-corrected chi connectivity index (χ1v) is 14.5. The number of carbonyl (C=O) groups is 1. The Balaban J connectivity index is 1.48. The van der Waals surface area contributed by atoms with Crippen molar-refractivity contribution in [1.82, 2.24) is 19.8 Å². The SMILES string of the molecule is C=NCC1c2[nH]c3ccc(Cl)cc3c2CCN1CC1CN(C(=O)OC(C)(C)C)CCN1c1ccc(Cl)c(C(F)(F)F)n1. The van der Waals surface area contributed by atoms with E-state index in [1.165, 1.54) is 17.7 Å². The summed E-state index contributed by atoms with van der Waals surface area (Å²) >= 11 is 12.2. The van der Waals surface area contributed by atoms with E-state index in [0.29, 0.717) is 24.7 Å². The van der Waals surface area contributed by atoms with E-state index in [0.717, 1.165) is 23.0 Å². The minimum Gasteiger partial charge on any atom is -0.444 e. The molecule has 2 aliphatic rings. The Labute approximate surface area is 252 Å². The number of aromatic amines is 1. The molecule has 13 heteroatoms. The highest BCUT2D eigenvalue weighted by atomic mass is 35.5. The lowest BCUT2D eigenvalue weighted by Gasteiger charge is -2.46. The predicted octanol–water partition coefficient (Wildman–Crippen LogP) is 6.61. The van der Waals surface area contributed by atoms with Crippen LogP contribution < -0.4 is 4.90 Å². The lowest BCUT2D eigenvalue weighted by Crippen LogP contribution is -2.60. The fourth-order valence-corrected chi connectivity index (χ4v) is 6.19. The number of rotatable bonds is 5. The number of aliphatic imine (C=N–C) groups is 1. The van der Waals surface area contributed by atoms with E-state index in [1.54, 1.807) is 25.7 Å². The van der Waals surface area contributed by atoms with Crippen LogP contribution >= 0.6 is 23.2 Å². The van der Waals surface area contributed by atoms with Crippen LogP contribution in [0.5, 0.6) is 0 Å². The number of ether oxygens (including phenoxy) is 1. The zero-order valence-corrected chi connectivity index (χ0v) is 25.2. The highest BCUT2D eigenvalue weighted by Crippen LogP contribution is 2.38. The summed E-state index contributed by atoms with van der Waals surface area (Å²) < 4.78 is 46.7. The van der Waals surface area contributed by atoms with E-state index >= 15 is 0 Å². The Bertz CT molecular complexity index is 1490. The molecule has 2 unspecified atom stereocenters. The molecule has 0 radical (unpaired) electrons. The van der Waals surface area contributed by atoms with Crippen LogP contribution in [0.25, 0.3) is 10.9 Å². The minimum atomic E-state index is -4.70. The van der Waals surface area contributed by atoms with Gasteiger partial charge in [0, 0.05) is 54.3 Å². The molecule has 0 aliphatic carbocycles. The maximum absolute atomic E-state index is 13.7. The standard InChI is InChI=1S/C29H33Cl2F3N6O2/c1-28(2,3)42-27(41)39-11-12-40(24-8-6-21(31)26(37-24)29(32,33)34)18(16-39)15-38-10-9-19-20-13-17(30)5-7-22(20)36-25(19)23(38)14-35-4/h5-8,13,18,23,36H,4,9-12,14-16H2,1-3H3. The Morgan fingerprint density at radius 1 is 1.17 bits per heavy atom. The van der Waals surface area contributed by atoms with Gasteiger partial charge in [-0.15, -0.1) is 0 Å². The Kier molecular flexibility index (Phi) is 8.39. The number of anilines is 1. The van der Waals surface area contributed by atoms with Crippen molar-refractivity contribution in [3.8, 4) is 0 Å². The van der Waals surface area contributed by atoms with Gasteiger partial charge in [-0.05, 0) is 69.8 Å². The molecule has 1 N–H and O–H groups in total. The summed E-state index contributed by atoms with van der Waals surface area (Å²) in [5.74, 6) is 0.150. The molecule has 4 heterocycles. The molecule has 1 amide bonds. The number of hydrogen-bond acceptors (Lipinski definition) is 6. The van der Waals surface area contributed by atoms with Crippen molar-refractivity contribution in [2.24, 2.45) is 4.99 Å². The number of alkyl halides is 3. The van der Waals surface area contributed by atoms with Gasteiger partial charge in [0.2, 0.25) is 0 Å². The molecule has 0 saturated carbocycles. The second-order valence-corrected chi connectivity index (χ2v) is 12.5. The topological polar surface area (TPSA) is 77.1 Å². The zero-order chi connectivity index (χ0) is 30.4. The molecule has 5 rings (SSSR count). The molecular formula is C29H33Cl2F3N6O2. The quantitative estimate of drug-likeness (QED) is 0.323. The smallest absolute Gasteiger partial charge is 0.434 e. The van der Waals surface area contributed by atoms with Crippen LogP contribution in [0.4, 0.5) is 23.8 Å². The molecule has 3 aromatic rings. The van der Waals surface area contributed by atoms with Crippen molar-refractivity contribution in [2.75, 3.05) is 44.2 Å². The van der Waals surface area contributed by atoms with E-state index in [9.17, 15) is 18.0 Å². The Morgan fingerprint density at radius 2 is 1.93 bits per heavy atom. The lowest BCUT2D eigenvalue weighted by atomic mass is 9.96. The van der Waals surface area contributed by atoms with Gasteiger partial charge in [0.15, 0.2) is 5.69 Å². The van der Waals surface area contributed by atoms with Crippen LogP contribution in [-0.4, -0.2) is 83.5 Å². The molecule has 2 aliphatic heterocycles. The lowest BCUT2D eigenvalue weighted by molar-refractivity contribution is -0.141. The van der Waals surface area contributed by atoms with E-state index < -0.39 is 34.6 Å². The van der Waals surface area contributed by atoms with Crippen LogP contribution in [-0.2, 0) is 17.3 Å². The molecule has 1 saturated heterocycles. The van der Waals surface area contributed by atoms with Gasteiger partial charge in [0.25, 0.3) is 0 Å². The summed E-state index contributed by atoms with van der Waals surface area (Å²) in [4.78, 5) is 30.4. The summed E-state index contributed by atoms with van der Waals surface area (Å²) in [5.41, 5.74) is 1.33. The van der Waals surface area contributed by atoms with Crippen molar-refractivity contribution >= 4 is 52.7 Å². The van der Waals surface area contributed by atoms with Gasteiger partial charge in [0.05, 0.1) is 23.7 Å². The van der Waals surface area contributed by atoms with Crippen LogP contribution in [0.2, 0.25) is 10.0 Å². The summed E-state index contributed by atoms with van der Waals surface area (Å²) in [5, 5.41) is 1.25. The third-order valence-electron chi connectivity index (χ3n) is 7.60. The number of piperazine rings is 1. The van der Waals surface area contributed by atoms with Crippen LogP contribution in [0.15, 0.2) is 35.3 Å². The van der Waals surface area contributed by atoms with E-state index in [2.05, 4.69) is 26.6 Å². The van der Waals surface area contributed by atoms with Gasteiger partial charge in [-0.1, -0.05) is 23.2 Å². The van der Waals surface area contributed by atoms with Gasteiger partial charge >= 0.3 is 12.3 Å². The van der Waals surface area contributed by atoms with Crippen molar-refractivity contribution in [3.05, 3.63) is 57.3 Å². The number of fused-ring (bicyclic) bond motifs is 3. The summed E-state index contributed by atoms with van der Waals surface area (Å²) in [6.45, 7) is 11.4. The first kappa shape index (κ1) is 30.4. The first-order valence-electron chi connectivity index (χ1n) is 13.7. The van der Waals surface area contributed by atoms with Gasteiger partial charge in [-0.2, -0.15) is 13.2 Å². The number of carbonyl (C=O) groups excluding carboxylic acids is 1. The summed E-state index contributed by atoms with van der Waals surface area (Å²) in [6, 6.07) is 7.90. The molecule has 2 aromatic heterocycles. The fraction of sp³-hybridized carbons (Fsp3) is 0.483. The highest BCUT2D eigenvalue weighted by molar-refractivity contribution is 6.31. The normalized spacial score (nSPS) is 20.1. The van der Waals surface area contributed by atoms with E-state index in [-0.39, 0.29) is 31.5 Å². The third-order valence-corrected chi connectivity index (χ3v) is 8.14. The Morgan fingerprint density at radius 3 is 2.62 bits per heavy atom. The molecule has 226 valence electrons. The molecule has 0 spiro atoms. The molecule has 2 atom stereocenters. The number of halogens is 5. The third kappa shape index (κ3) is 6.33. The fourth-order valence-electron chi connectivity index (χ4n) is 5.80. The van der Waals surface area contributed by atoms with Gasteiger partial charge < -0.3 is 19.5 Å². The number of nitrogens with zero attached hydrogens (tertiary/aromatic N) is 5.